The molecule has 0 aliphatic carbocycles. The molecule has 6 heteroatoms. The molecule has 2 aromatic heterocycles. The van der Waals surface area contributed by atoms with Gasteiger partial charge in [-0.3, -0.25) is 9.48 Å². The van der Waals surface area contributed by atoms with E-state index < -0.39 is 0 Å². The van der Waals surface area contributed by atoms with Gasteiger partial charge in [-0.2, -0.15) is 5.10 Å². The van der Waals surface area contributed by atoms with Crippen molar-refractivity contribution >= 4 is 5.91 Å². The molecule has 0 spiro atoms. The standard InChI is InChI=1S/C15H20N4O2/c1-9-13(10(2)19(3)18-9)14-12(5-7-21-14)17-15(20)11-4-6-16-8-11/h4,6,8,12,14,16H,5,7H2,1-3H3,(H,17,20)/t12-,14-/m0/s1. The van der Waals surface area contributed by atoms with E-state index in [-0.39, 0.29) is 18.1 Å². The molecule has 0 unspecified atom stereocenters. The minimum Gasteiger partial charge on any atom is -0.371 e. The van der Waals surface area contributed by atoms with Crippen LogP contribution >= 0.6 is 0 Å². The fourth-order valence-corrected chi connectivity index (χ4v) is 2.94. The topological polar surface area (TPSA) is 71.9 Å². The lowest BCUT2D eigenvalue weighted by Crippen LogP contribution is -2.37. The molecule has 3 heterocycles. The summed E-state index contributed by atoms with van der Waals surface area (Å²) in [5, 5.41) is 7.51. The van der Waals surface area contributed by atoms with Crippen molar-refractivity contribution in [3.8, 4) is 0 Å². The molecule has 1 fully saturated rings. The number of carbonyl (C=O) groups excluding carboxylic acids is 1. The Morgan fingerprint density at radius 2 is 2.33 bits per heavy atom. The van der Waals surface area contributed by atoms with Gasteiger partial charge in [0, 0.05) is 37.3 Å². The third-order valence-corrected chi connectivity index (χ3v) is 4.12. The molecule has 1 amide bonds. The molecule has 3 rings (SSSR count). The molecule has 1 saturated heterocycles. The fraction of sp³-hybridized carbons (Fsp3) is 0.467. The fourth-order valence-electron chi connectivity index (χ4n) is 2.94. The summed E-state index contributed by atoms with van der Waals surface area (Å²) in [7, 11) is 1.92. The van der Waals surface area contributed by atoms with E-state index in [1.807, 2.05) is 25.6 Å². The first-order chi connectivity index (χ1) is 10.1. The second-order valence-electron chi connectivity index (χ2n) is 5.47. The van der Waals surface area contributed by atoms with E-state index in [4.69, 9.17) is 4.74 Å². The highest BCUT2D eigenvalue weighted by Crippen LogP contribution is 2.33. The summed E-state index contributed by atoms with van der Waals surface area (Å²) in [6.45, 7) is 4.66. The van der Waals surface area contributed by atoms with Crippen LogP contribution in [0.2, 0.25) is 0 Å². The quantitative estimate of drug-likeness (QED) is 0.901. The van der Waals surface area contributed by atoms with E-state index in [9.17, 15) is 4.79 Å². The Bertz CT molecular complexity index is 645. The van der Waals surface area contributed by atoms with Gasteiger partial charge in [-0.05, 0) is 26.3 Å². The summed E-state index contributed by atoms with van der Waals surface area (Å²) in [6.07, 6.45) is 4.13. The summed E-state index contributed by atoms with van der Waals surface area (Å²) in [4.78, 5) is 15.1. The molecular formula is C15H20N4O2. The van der Waals surface area contributed by atoms with E-state index in [1.54, 1.807) is 18.5 Å². The van der Waals surface area contributed by atoms with Gasteiger partial charge in [-0.25, -0.2) is 0 Å². The SMILES string of the molecule is Cc1nn(C)c(C)c1[C@H]1OCC[C@@H]1NC(=O)c1cc[nH]c1. The second-order valence-corrected chi connectivity index (χ2v) is 5.47. The van der Waals surface area contributed by atoms with Crippen molar-refractivity contribution in [3.05, 3.63) is 41.0 Å². The number of nitrogens with zero attached hydrogens (tertiary/aromatic N) is 2. The number of aryl methyl sites for hydroxylation is 2. The second kappa shape index (κ2) is 5.37. The number of nitrogens with one attached hydrogen (secondary N) is 2. The Morgan fingerprint density at radius 1 is 1.52 bits per heavy atom. The molecule has 2 atom stereocenters. The largest absolute Gasteiger partial charge is 0.371 e. The first kappa shape index (κ1) is 13.9. The predicted octanol–water partition coefficient (Wildman–Crippen LogP) is 1.63. The Kier molecular flexibility index (Phi) is 3.55. The van der Waals surface area contributed by atoms with Gasteiger partial charge in [0.2, 0.25) is 0 Å². The van der Waals surface area contributed by atoms with Gasteiger partial charge < -0.3 is 15.0 Å². The summed E-state index contributed by atoms with van der Waals surface area (Å²) < 4.78 is 7.73. The average Bonchev–Trinajstić information content (AvgIpc) is 3.14. The number of hydrogen-bond donors (Lipinski definition) is 2. The van der Waals surface area contributed by atoms with Crippen molar-refractivity contribution in [3.63, 3.8) is 0 Å². The summed E-state index contributed by atoms with van der Waals surface area (Å²) in [5.74, 6) is -0.0732. The molecule has 6 nitrogen and oxygen atoms in total. The lowest BCUT2D eigenvalue weighted by molar-refractivity contribution is 0.0817. The number of ether oxygens (including phenoxy) is 1. The third-order valence-electron chi connectivity index (χ3n) is 4.12. The lowest BCUT2D eigenvalue weighted by Gasteiger charge is -2.20. The number of hydrogen-bond acceptors (Lipinski definition) is 3. The van der Waals surface area contributed by atoms with Crippen molar-refractivity contribution in [1.29, 1.82) is 0 Å². The first-order valence-corrected chi connectivity index (χ1v) is 7.13. The lowest BCUT2D eigenvalue weighted by atomic mass is 10.00. The summed E-state index contributed by atoms with van der Waals surface area (Å²) >= 11 is 0. The van der Waals surface area contributed by atoms with Crippen molar-refractivity contribution in [1.82, 2.24) is 20.1 Å². The van der Waals surface area contributed by atoms with Gasteiger partial charge in [-0.15, -0.1) is 0 Å². The van der Waals surface area contributed by atoms with Gasteiger partial charge in [-0.1, -0.05) is 0 Å². The van der Waals surface area contributed by atoms with Gasteiger partial charge in [0.05, 0.1) is 17.3 Å². The summed E-state index contributed by atoms with van der Waals surface area (Å²) in [6, 6.07) is 1.75. The number of aromatic amines is 1. The van der Waals surface area contributed by atoms with Crippen LogP contribution in [0.1, 0.15) is 39.8 Å². The zero-order chi connectivity index (χ0) is 15.0. The van der Waals surface area contributed by atoms with Crippen LogP contribution in [0.3, 0.4) is 0 Å². The van der Waals surface area contributed by atoms with Crippen LogP contribution in [0.15, 0.2) is 18.5 Å². The number of aromatic nitrogens is 3. The van der Waals surface area contributed by atoms with Crippen LogP contribution < -0.4 is 5.32 Å². The molecule has 0 aromatic carbocycles. The van der Waals surface area contributed by atoms with Gasteiger partial charge in [0.1, 0.15) is 6.10 Å². The number of amides is 1. The highest BCUT2D eigenvalue weighted by molar-refractivity contribution is 5.94. The maximum absolute atomic E-state index is 12.2. The Balaban J connectivity index is 1.81. The Labute approximate surface area is 123 Å². The molecule has 1 aliphatic heterocycles. The zero-order valence-electron chi connectivity index (χ0n) is 12.5. The van der Waals surface area contributed by atoms with Crippen LogP contribution in [0, 0.1) is 13.8 Å². The van der Waals surface area contributed by atoms with E-state index in [0.717, 1.165) is 23.4 Å². The van der Waals surface area contributed by atoms with E-state index in [1.165, 1.54) is 0 Å². The zero-order valence-corrected chi connectivity index (χ0v) is 12.5. The predicted molar refractivity (Wildman–Crippen MR) is 78.0 cm³/mol. The van der Waals surface area contributed by atoms with Gasteiger partial charge in [0.25, 0.3) is 5.91 Å². The van der Waals surface area contributed by atoms with E-state index in [0.29, 0.717) is 12.2 Å². The molecule has 0 saturated carbocycles. The smallest absolute Gasteiger partial charge is 0.253 e. The molecule has 112 valence electrons. The van der Waals surface area contributed by atoms with Gasteiger partial charge in [0.15, 0.2) is 0 Å². The highest BCUT2D eigenvalue weighted by Gasteiger charge is 2.34. The monoisotopic (exact) mass is 288 g/mol. The maximum atomic E-state index is 12.2. The first-order valence-electron chi connectivity index (χ1n) is 7.13. The Hall–Kier alpha value is -2.08. The van der Waals surface area contributed by atoms with Gasteiger partial charge >= 0.3 is 0 Å². The average molecular weight is 288 g/mol. The minimum absolute atomic E-state index is 0.0194. The van der Waals surface area contributed by atoms with E-state index >= 15 is 0 Å². The van der Waals surface area contributed by atoms with Crippen LogP contribution in [-0.4, -0.2) is 33.3 Å². The van der Waals surface area contributed by atoms with Crippen molar-refractivity contribution < 1.29 is 9.53 Å². The number of rotatable bonds is 3. The molecule has 2 N–H and O–H groups in total. The minimum atomic E-state index is -0.124. The molecule has 21 heavy (non-hydrogen) atoms. The Morgan fingerprint density at radius 3 is 2.95 bits per heavy atom. The van der Waals surface area contributed by atoms with Crippen LogP contribution in [0.5, 0.6) is 0 Å². The summed E-state index contributed by atoms with van der Waals surface area (Å²) in [5.41, 5.74) is 3.78. The van der Waals surface area contributed by atoms with Crippen LogP contribution in [0.4, 0.5) is 0 Å². The molecule has 1 aliphatic rings. The van der Waals surface area contributed by atoms with Crippen LogP contribution in [0.25, 0.3) is 0 Å². The van der Waals surface area contributed by atoms with Crippen molar-refractivity contribution in [2.75, 3.05) is 6.61 Å². The van der Waals surface area contributed by atoms with Crippen molar-refractivity contribution in [2.45, 2.75) is 32.4 Å². The number of carbonyl (C=O) groups is 1. The van der Waals surface area contributed by atoms with Crippen LogP contribution in [-0.2, 0) is 11.8 Å². The van der Waals surface area contributed by atoms with E-state index in [2.05, 4.69) is 15.4 Å². The highest BCUT2D eigenvalue weighted by atomic mass is 16.5. The third kappa shape index (κ3) is 2.47. The molecule has 2 aromatic rings. The normalized spacial score (nSPS) is 21.7. The van der Waals surface area contributed by atoms with Crippen molar-refractivity contribution in [2.24, 2.45) is 7.05 Å². The molecule has 0 radical (unpaired) electrons. The maximum Gasteiger partial charge on any atom is 0.253 e. The molecular weight excluding hydrogens is 268 g/mol. The molecule has 0 bridgehead atoms. The number of H-pyrrole nitrogens is 1.